The minimum absolute atomic E-state index is 0.100. The number of nitrogens with one attached hydrogen (secondary N) is 1. The minimum atomic E-state index is -0.378. The summed E-state index contributed by atoms with van der Waals surface area (Å²) in [6.45, 7) is 1.48. The first kappa shape index (κ1) is 20.3. The third-order valence-corrected chi connectivity index (χ3v) is 6.03. The number of likely N-dealkylation sites (N-methyl/N-ethyl adjacent to an activating group) is 1. The van der Waals surface area contributed by atoms with Crippen molar-refractivity contribution in [3.8, 4) is 11.8 Å². The molecule has 0 bridgehead atoms. The Morgan fingerprint density at radius 3 is 2.89 bits per heavy atom. The van der Waals surface area contributed by atoms with Crippen molar-refractivity contribution in [3.05, 3.63) is 46.1 Å². The van der Waals surface area contributed by atoms with Gasteiger partial charge in [-0.05, 0) is 50.4 Å². The number of rotatable bonds is 8. The van der Waals surface area contributed by atoms with E-state index in [4.69, 9.17) is 4.74 Å². The average Bonchev–Trinajstić information content (AvgIpc) is 3.04. The number of carbonyl (C=O) groups excluding carboxylic acids is 1. The highest BCUT2D eigenvalue weighted by Gasteiger charge is 2.21. The van der Waals surface area contributed by atoms with Gasteiger partial charge in [0.15, 0.2) is 11.6 Å². The van der Waals surface area contributed by atoms with Gasteiger partial charge in [0.25, 0.3) is 0 Å². The van der Waals surface area contributed by atoms with Gasteiger partial charge < -0.3 is 15.0 Å². The zero-order chi connectivity index (χ0) is 19.9. The quantitative estimate of drug-likeness (QED) is 0.727. The summed E-state index contributed by atoms with van der Waals surface area (Å²) in [7, 11) is 1.89. The van der Waals surface area contributed by atoms with Gasteiger partial charge in [0.2, 0.25) is 5.91 Å². The molecule has 1 heterocycles. The molecule has 1 aromatic heterocycles. The number of carbonyl (C=O) groups is 1. The second kappa shape index (κ2) is 9.67. The molecule has 0 unspecified atom stereocenters. The fourth-order valence-corrected chi connectivity index (χ4v) is 4.49. The van der Waals surface area contributed by atoms with Crippen molar-refractivity contribution >= 4 is 22.2 Å². The molecule has 28 heavy (non-hydrogen) atoms. The van der Waals surface area contributed by atoms with Crippen LogP contribution in [-0.4, -0.2) is 37.6 Å². The molecule has 0 spiro atoms. The number of hydrogen-bond acceptors (Lipinski definition) is 5. The molecule has 1 amide bonds. The van der Waals surface area contributed by atoms with Crippen LogP contribution in [0.25, 0.3) is 0 Å². The Morgan fingerprint density at radius 2 is 2.11 bits per heavy atom. The van der Waals surface area contributed by atoms with E-state index in [1.807, 2.05) is 11.9 Å². The molecule has 3 rings (SSSR count). The molecule has 1 aliphatic rings. The van der Waals surface area contributed by atoms with Crippen molar-refractivity contribution in [2.75, 3.05) is 32.1 Å². The molecule has 0 atom stereocenters. The van der Waals surface area contributed by atoms with E-state index in [1.54, 1.807) is 18.2 Å². The summed E-state index contributed by atoms with van der Waals surface area (Å²) in [6.07, 6.45) is 4.49. The number of nitriles is 1. The monoisotopic (exact) mass is 401 g/mol. The summed E-state index contributed by atoms with van der Waals surface area (Å²) in [4.78, 5) is 15.5. The number of anilines is 1. The summed E-state index contributed by atoms with van der Waals surface area (Å²) in [6, 6.07) is 8.56. The van der Waals surface area contributed by atoms with Gasteiger partial charge in [-0.25, -0.2) is 4.39 Å². The summed E-state index contributed by atoms with van der Waals surface area (Å²) in [5.41, 5.74) is 1.76. The second-order valence-corrected chi connectivity index (χ2v) is 8.01. The standard InChI is InChI=1S/C21H24FN3O2S/c1-25(12-13-27-18-8-4-3-7-17(18)22)11-10-20(26)24-21-16(14-23)15-6-2-5-9-19(15)28-21/h3-4,7-8H,2,5-6,9-13H2,1H3,(H,24,26). The fourth-order valence-electron chi connectivity index (χ4n) is 3.24. The summed E-state index contributed by atoms with van der Waals surface area (Å²) in [5, 5.41) is 13.1. The largest absolute Gasteiger partial charge is 0.489 e. The van der Waals surface area contributed by atoms with E-state index in [-0.39, 0.29) is 17.5 Å². The molecule has 0 saturated heterocycles. The van der Waals surface area contributed by atoms with E-state index in [0.29, 0.717) is 36.7 Å². The van der Waals surface area contributed by atoms with E-state index in [2.05, 4.69) is 11.4 Å². The maximum atomic E-state index is 13.5. The Labute approximate surface area is 168 Å². The molecular weight excluding hydrogens is 377 g/mol. The van der Waals surface area contributed by atoms with Gasteiger partial charge in [-0.3, -0.25) is 4.79 Å². The zero-order valence-corrected chi connectivity index (χ0v) is 16.8. The maximum absolute atomic E-state index is 13.5. The molecule has 0 aliphatic heterocycles. The lowest BCUT2D eigenvalue weighted by molar-refractivity contribution is -0.116. The molecule has 0 saturated carbocycles. The van der Waals surface area contributed by atoms with Crippen LogP contribution in [0.5, 0.6) is 5.75 Å². The Balaban J connectivity index is 1.44. The number of amides is 1. The summed E-state index contributed by atoms with van der Waals surface area (Å²) < 4.78 is 18.9. The van der Waals surface area contributed by atoms with Crippen LogP contribution in [-0.2, 0) is 17.6 Å². The van der Waals surface area contributed by atoms with E-state index in [0.717, 1.165) is 31.2 Å². The summed E-state index contributed by atoms with van der Waals surface area (Å²) >= 11 is 1.54. The number of aryl methyl sites for hydroxylation is 1. The highest BCUT2D eigenvalue weighted by atomic mass is 32.1. The number of benzene rings is 1. The van der Waals surface area contributed by atoms with Crippen LogP contribution in [0.1, 0.15) is 35.3 Å². The minimum Gasteiger partial charge on any atom is -0.489 e. The van der Waals surface area contributed by atoms with E-state index in [9.17, 15) is 14.4 Å². The Bertz CT molecular complexity index is 875. The topological polar surface area (TPSA) is 65.4 Å². The van der Waals surface area contributed by atoms with Crippen molar-refractivity contribution in [2.24, 2.45) is 0 Å². The molecule has 0 radical (unpaired) electrons. The van der Waals surface area contributed by atoms with E-state index >= 15 is 0 Å². The molecule has 2 aromatic rings. The first-order valence-electron chi connectivity index (χ1n) is 9.49. The van der Waals surface area contributed by atoms with Gasteiger partial charge >= 0.3 is 0 Å². The zero-order valence-electron chi connectivity index (χ0n) is 16.0. The van der Waals surface area contributed by atoms with Gasteiger partial charge in [-0.2, -0.15) is 5.26 Å². The number of nitrogens with zero attached hydrogens (tertiary/aromatic N) is 2. The normalized spacial score (nSPS) is 13.1. The van der Waals surface area contributed by atoms with E-state index in [1.165, 1.54) is 22.3 Å². The highest BCUT2D eigenvalue weighted by molar-refractivity contribution is 7.16. The van der Waals surface area contributed by atoms with Crippen LogP contribution in [0.4, 0.5) is 9.39 Å². The lowest BCUT2D eigenvalue weighted by atomic mass is 9.96. The third-order valence-electron chi connectivity index (χ3n) is 4.82. The average molecular weight is 402 g/mol. The number of ether oxygens (including phenoxy) is 1. The van der Waals surface area contributed by atoms with Crippen LogP contribution in [0.2, 0.25) is 0 Å². The van der Waals surface area contributed by atoms with Crippen molar-refractivity contribution in [1.82, 2.24) is 4.90 Å². The Morgan fingerprint density at radius 1 is 1.32 bits per heavy atom. The molecular formula is C21H24FN3O2S. The van der Waals surface area contributed by atoms with Crippen molar-refractivity contribution in [3.63, 3.8) is 0 Å². The predicted molar refractivity (Wildman–Crippen MR) is 108 cm³/mol. The molecule has 1 N–H and O–H groups in total. The van der Waals surface area contributed by atoms with Crippen molar-refractivity contribution in [1.29, 1.82) is 5.26 Å². The lowest BCUT2D eigenvalue weighted by Crippen LogP contribution is -2.28. The van der Waals surface area contributed by atoms with Crippen molar-refractivity contribution < 1.29 is 13.9 Å². The van der Waals surface area contributed by atoms with Crippen LogP contribution >= 0.6 is 11.3 Å². The first-order valence-corrected chi connectivity index (χ1v) is 10.3. The first-order chi connectivity index (χ1) is 13.6. The van der Waals surface area contributed by atoms with Crippen LogP contribution in [0.3, 0.4) is 0 Å². The number of thiophene rings is 1. The van der Waals surface area contributed by atoms with Crippen molar-refractivity contribution in [2.45, 2.75) is 32.1 Å². The predicted octanol–water partition coefficient (Wildman–Crippen LogP) is 3.98. The van der Waals surface area contributed by atoms with Gasteiger partial charge in [0.1, 0.15) is 17.7 Å². The third kappa shape index (κ3) is 5.09. The van der Waals surface area contributed by atoms with Gasteiger partial charge in [0.05, 0.1) is 5.56 Å². The SMILES string of the molecule is CN(CCOc1ccccc1F)CCC(=O)Nc1sc2c(c1C#N)CCCC2. The number of hydrogen-bond donors (Lipinski definition) is 1. The molecule has 1 aromatic carbocycles. The fraction of sp³-hybridized carbons (Fsp3) is 0.429. The number of fused-ring (bicyclic) bond motifs is 1. The second-order valence-electron chi connectivity index (χ2n) is 6.91. The Kier molecular flexibility index (Phi) is 7.01. The maximum Gasteiger partial charge on any atom is 0.226 e. The Hall–Kier alpha value is -2.43. The molecule has 148 valence electrons. The molecule has 5 nitrogen and oxygen atoms in total. The molecule has 0 fully saturated rings. The smallest absolute Gasteiger partial charge is 0.226 e. The summed E-state index contributed by atoms with van der Waals surface area (Å²) in [5.74, 6) is -0.243. The highest BCUT2D eigenvalue weighted by Crippen LogP contribution is 2.37. The molecule has 1 aliphatic carbocycles. The molecule has 7 heteroatoms. The van der Waals surface area contributed by atoms with Crippen LogP contribution in [0, 0.1) is 17.1 Å². The van der Waals surface area contributed by atoms with Crippen LogP contribution < -0.4 is 10.1 Å². The van der Waals surface area contributed by atoms with Crippen LogP contribution in [0.15, 0.2) is 24.3 Å². The van der Waals surface area contributed by atoms with E-state index < -0.39 is 0 Å². The van der Waals surface area contributed by atoms with Gasteiger partial charge in [-0.15, -0.1) is 11.3 Å². The lowest BCUT2D eigenvalue weighted by Gasteiger charge is -2.16. The number of halogens is 1. The number of para-hydroxylation sites is 1. The van der Waals surface area contributed by atoms with Gasteiger partial charge in [-0.1, -0.05) is 12.1 Å². The van der Waals surface area contributed by atoms with Gasteiger partial charge in [0, 0.05) is 24.4 Å².